The summed E-state index contributed by atoms with van der Waals surface area (Å²) in [5, 5.41) is 0. The van der Waals surface area contributed by atoms with Crippen LogP contribution in [0.4, 0.5) is 0 Å². The van der Waals surface area contributed by atoms with E-state index < -0.39 is 0 Å². The van der Waals surface area contributed by atoms with Gasteiger partial charge in [-0.3, -0.25) is 14.6 Å². The molecule has 1 atom stereocenters. The third kappa shape index (κ3) is 3.65. The summed E-state index contributed by atoms with van der Waals surface area (Å²) in [5.74, 6) is -0.198. The number of carbonyl (C=O) groups is 1. The van der Waals surface area contributed by atoms with Crippen molar-refractivity contribution in [1.29, 1.82) is 0 Å². The molecule has 2 fully saturated rings. The molecule has 6 nitrogen and oxygen atoms in total. The number of ether oxygens (including phenoxy) is 3. The molecular formula is C12H22N2O4. The van der Waals surface area contributed by atoms with Crippen LogP contribution in [0.25, 0.3) is 0 Å². The van der Waals surface area contributed by atoms with Gasteiger partial charge in [0.1, 0.15) is 6.04 Å². The van der Waals surface area contributed by atoms with Crippen LogP contribution in [-0.4, -0.2) is 88.1 Å². The Bertz CT molecular complexity index is 269. The molecule has 0 radical (unpaired) electrons. The van der Waals surface area contributed by atoms with Crippen molar-refractivity contribution in [3.63, 3.8) is 0 Å². The van der Waals surface area contributed by atoms with Crippen LogP contribution >= 0.6 is 0 Å². The zero-order valence-corrected chi connectivity index (χ0v) is 11.0. The molecule has 2 saturated heterocycles. The van der Waals surface area contributed by atoms with Gasteiger partial charge in [-0.2, -0.15) is 0 Å². The van der Waals surface area contributed by atoms with E-state index in [9.17, 15) is 4.79 Å². The minimum atomic E-state index is -0.246. The fourth-order valence-corrected chi connectivity index (χ4v) is 2.35. The van der Waals surface area contributed by atoms with E-state index >= 15 is 0 Å². The van der Waals surface area contributed by atoms with Crippen molar-refractivity contribution in [2.45, 2.75) is 6.04 Å². The highest BCUT2D eigenvalue weighted by Crippen LogP contribution is 2.09. The van der Waals surface area contributed by atoms with Crippen molar-refractivity contribution in [2.75, 3.05) is 66.3 Å². The maximum atomic E-state index is 11.7. The van der Waals surface area contributed by atoms with Crippen molar-refractivity contribution in [3.05, 3.63) is 0 Å². The molecule has 104 valence electrons. The average molecular weight is 258 g/mol. The molecule has 0 bridgehead atoms. The Kier molecular flexibility index (Phi) is 5.37. The Morgan fingerprint density at radius 3 is 2.61 bits per heavy atom. The summed E-state index contributed by atoms with van der Waals surface area (Å²) in [4.78, 5) is 16.2. The minimum Gasteiger partial charge on any atom is -0.468 e. The summed E-state index contributed by atoms with van der Waals surface area (Å²) in [5.41, 5.74) is 0. The molecule has 18 heavy (non-hydrogen) atoms. The van der Waals surface area contributed by atoms with Crippen LogP contribution in [0.1, 0.15) is 0 Å². The zero-order chi connectivity index (χ0) is 12.8. The Balaban J connectivity index is 1.79. The molecule has 0 aromatic rings. The van der Waals surface area contributed by atoms with Crippen molar-refractivity contribution in [3.8, 4) is 0 Å². The molecule has 0 aromatic carbocycles. The van der Waals surface area contributed by atoms with Gasteiger partial charge in [0.15, 0.2) is 0 Å². The fourth-order valence-electron chi connectivity index (χ4n) is 2.35. The smallest absolute Gasteiger partial charge is 0.325 e. The number of esters is 1. The predicted molar refractivity (Wildman–Crippen MR) is 65.5 cm³/mol. The second-order valence-corrected chi connectivity index (χ2v) is 4.60. The molecule has 2 aliphatic heterocycles. The van der Waals surface area contributed by atoms with E-state index in [-0.39, 0.29) is 12.0 Å². The Morgan fingerprint density at radius 2 is 1.89 bits per heavy atom. The topological polar surface area (TPSA) is 51.2 Å². The Labute approximate surface area is 108 Å². The van der Waals surface area contributed by atoms with E-state index in [1.807, 2.05) is 0 Å². The lowest BCUT2D eigenvalue weighted by Crippen LogP contribution is -2.53. The average Bonchev–Trinajstić information content (AvgIpc) is 2.45. The predicted octanol–water partition coefficient (Wildman–Crippen LogP) is -0.808. The molecule has 2 heterocycles. The monoisotopic (exact) mass is 258 g/mol. The van der Waals surface area contributed by atoms with Crippen LogP contribution in [0.5, 0.6) is 0 Å². The third-order valence-corrected chi connectivity index (χ3v) is 3.52. The summed E-state index contributed by atoms with van der Waals surface area (Å²) in [6.45, 7) is 7.35. The van der Waals surface area contributed by atoms with Gasteiger partial charge in [-0.05, 0) is 0 Å². The summed E-state index contributed by atoms with van der Waals surface area (Å²) in [6, 6.07) is -0.246. The minimum absolute atomic E-state index is 0.198. The summed E-state index contributed by atoms with van der Waals surface area (Å²) in [6.07, 6.45) is 0. The maximum Gasteiger partial charge on any atom is 0.325 e. The number of hydrogen-bond donors (Lipinski definition) is 0. The number of rotatable bonds is 4. The molecule has 2 rings (SSSR count). The van der Waals surface area contributed by atoms with Crippen LogP contribution in [0.15, 0.2) is 0 Å². The molecule has 2 aliphatic rings. The quantitative estimate of drug-likeness (QED) is 0.615. The van der Waals surface area contributed by atoms with Gasteiger partial charge in [-0.1, -0.05) is 0 Å². The first-order valence-electron chi connectivity index (χ1n) is 6.51. The van der Waals surface area contributed by atoms with Crippen LogP contribution in [0.2, 0.25) is 0 Å². The molecular weight excluding hydrogens is 236 g/mol. The normalized spacial score (nSPS) is 27.1. The number of hydrogen-bond acceptors (Lipinski definition) is 6. The molecule has 0 saturated carbocycles. The van der Waals surface area contributed by atoms with Gasteiger partial charge in [0.05, 0.1) is 33.5 Å². The lowest BCUT2D eigenvalue weighted by atomic mass is 10.2. The molecule has 0 aliphatic carbocycles. The first kappa shape index (κ1) is 13.7. The third-order valence-electron chi connectivity index (χ3n) is 3.52. The summed E-state index contributed by atoms with van der Waals surface area (Å²) < 4.78 is 15.5. The highest BCUT2D eigenvalue weighted by molar-refractivity contribution is 5.75. The highest BCUT2D eigenvalue weighted by atomic mass is 16.5. The van der Waals surface area contributed by atoms with Crippen molar-refractivity contribution >= 4 is 5.97 Å². The van der Waals surface area contributed by atoms with Crippen LogP contribution < -0.4 is 0 Å². The number of methoxy groups -OCH3 is 1. The Hall–Kier alpha value is -0.690. The number of nitrogens with zero attached hydrogens (tertiary/aromatic N) is 2. The summed E-state index contributed by atoms with van der Waals surface area (Å²) in [7, 11) is 1.43. The Morgan fingerprint density at radius 1 is 1.17 bits per heavy atom. The number of carbonyl (C=O) groups excluding carboxylic acids is 1. The van der Waals surface area contributed by atoms with Gasteiger partial charge in [0, 0.05) is 32.7 Å². The van der Waals surface area contributed by atoms with E-state index in [1.54, 1.807) is 0 Å². The molecule has 0 aromatic heterocycles. The van der Waals surface area contributed by atoms with Gasteiger partial charge < -0.3 is 14.2 Å². The van der Waals surface area contributed by atoms with E-state index in [0.717, 1.165) is 45.9 Å². The standard InChI is InChI=1S/C12H22N2O4/c1-16-12(15)11-10-18-9-6-14(11)3-2-13-4-7-17-8-5-13/h11H,2-10H2,1H3. The second kappa shape index (κ2) is 7.04. The largest absolute Gasteiger partial charge is 0.468 e. The van der Waals surface area contributed by atoms with Crippen LogP contribution in [-0.2, 0) is 19.0 Å². The van der Waals surface area contributed by atoms with Gasteiger partial charge in [-0.25, -0.2) is 0 Å². The molecule has 0 N–H and O–H groups in total. The lowest BCUT2D eigenvalue weighted by molar-refractivity contribution is -0.153. The SMILES string of the molecule is COC(=O)C1COCCN1CCN1CCOCC1. The van der Waals surface area contributed by atoms with Gasteiger partial charge in [0.2, 0.25) is 0 Å². The lowest BCUT2D eigenvalue weighted by Gasteiger charge is -2.35. The van der Waals surface area contributed by atoms with Crippen LogP contribution in [0.3, 0.4) is 0 Å². The van der Waals surface area contributed by atoms with Gasteiger partial charge >= 0.3 is 5.97 Å². The van der Waals surface area contributed by atoms with Crippen molar-refractivity contribution < 1.29 is 19.0 Å². The molecule has 6 heteroatoms. The maximum absolute atomic E-state index is 11.7. The van der Waals surface area contributed by atoms with Gasteiger partial charge in [0.25, 0.3) is 0 Å². The van der Waals surface area contributed by atoms with Crippen LogP contribution in [0, 0.1) is 0 Å². The first-order valence-corrected chi connectivity index (χ1v) is 6.51. The fraction of sp³-hybridized carbons (Fsp3) is 0.917. The number of morpholine rings is 2. The molecule has 1 unspecified atom stereocenters. The second-order valence-electron chi connectivity index (χ2n) is 4.60. The van der Waals surface area contributed by atoms with Crippen molar-refractivity contribution in [1.82, 2.24) is 9.80 Å². The zero-order valence-electron chi connectivity index (χ0n) is 11.0. The van der Waals surface area contributed by atoms with Gasteiger partial charge in [-0.15, -0.1) is 0 Å². The molecule has 0 amide bonds. The first-order chi connectivity index (χ1) is 8.81. The van der Waals surface area contributed by atoms with E-state index in [0.29, 0.717) is 13.2 Å². The van der Waals surface area contributed by atoms with E-state index in [4.69, 9.17) is 14.2 Å². The highest BCUT2D eigenvalue weighted by Gasteiger charge is 2.30. The summed E-state index contributed by atoms with van der Waals surface area (Å²) >= 11 is 0. The van der Waals surface area contributed by atoms with E-state index in [2.05, 4.69) is 9.80 Å². The molecule has 0 spiro atoms. The van der Waals surface area contributed by atoms with E-state index in [1.165, 1.54) is 7.11 Å². The van der Waals surface area contributed by atoms with Crippen molar-refractivity contribution in [2.24, 2.45) is 0 Å².